The van der Waals surface area contributed by atoms with Crippen molar-refractivity contribution < 1.29 is 19.4 Å². The molecular weight excluding hydrogens is 480 g/mol. The molecule has 1 aromatic carbocycles. The summed E-state index contributed by atoms with van der Waals surface area (Å²) in [4.78, 5) is 33.4. The van der Waals surface area contributed by atoms with E-state index < -0.39 is 6.09 Å². The van der Waals surface area contributed by atoms with Crippen LogP contribution in [0.25, 0.3) is 0 Å². The van der Waals surface area contributed by atoms with Crippen LogP contribution < -0.4 is 15.0 Å². The molecule has 2 amide bonds. The molecule has 1 saturated carbocycles. The van der Waals surface area contributed by atoms with E-state index >= 15 is 0 Å². The van der Waals surface area contributed by atoms with Crippen LogP contribution in [-0.2, 0) is 19.4 Å². The number of pyridine rings is 1. The topological polar surface area (TPSA) is 95.0 Å². The normalized spacial score (nSPS) is 20.6. The number of hydrogen-bond donors (Lipinski definition) is 2. The van der Waals surface area contributed by atoms with Gasteiger partial charge < -0.3 is 25.0 Å². The summed E-state index contributed by atoms with van der Waals surface area (Å²) in [6, 6.07) is 8.45. The summed E-state index contributed by atoms with van der Waals surface area (Å²) >= 11 is 0. The zero-order chi connectivity index (χ0) is 27.2. The molecule has 8 nitrogen and oxygen atoms in total. The van der Waals surface area contributed by atoms with Crippen molar-refractivity contribution in [2.24, 2.45) is 0 Å². The molecule has 0 radical (unpaired) electrons. The molecule has 1 fully saturated rings. The maximum Gasteiger partial charge on any atom is 0.407 e. The van der Waals surface area contributed by atoms with E-state index in [0.717, 1.165) is 73.1 Å². The maximum absolute atomic E-state index is 13.5. The number of allylic oxidation sites excluding steroid dienone is 2. The van der Waals surface area contributed by atoms with Gasteiger partial charge in [0.05, 0.1) is 7.11 Å². The van der Waals surface area contributed by atoms with Crippen molar-refractivity contribution in [3.05, 3.63) is 64.4 Å². The zero-order valence-electron chi connectivity index (χ0n) is 23.0. The summed E-state index contributed by atoms with van der Waals surface area (Å²) in [5, 5.41) is 12.5. The molecule has 1 aromatic heterocycles. The Balaban J connectivity index is 1.62. The van der Waals surface area contributed by atoms with Crippen LogP contribution in [0.5, 0.6) is 5.88 Å². The van der Waals surface area contributed by atoms with Gasteiger partial charge in [0.25, 0.3) is 5.91 Å². The van der Waals surface area contributed by atoms with E-state index in [1.807, 2.05) is 19.1 Å². The third-order valence-electron chi connectivity index (χ3n) is 8.00. The molecule has 2 aliphatic rings. The first-order valence-corrected chi connectivity index (χ1v) is 13.6. The van der Waals surface area contributed by atoms with Crippen LogP contribution in [0, 0.1) is 6.92 Å². The Kier molecular flexibility index (Phi) is 8.92. The van der Waals surface area contributed by atoms with Gasteiger partial charge >= 0.3 is 6.09 Å². The lowest BCUT2D eigenvalue weighted by Crippen LogP contribution is -2.44. The molecule has 38 heavy (non-hydrogen) atoms. The summed E-state index contributed by atoms with van der Waals surface area (Å²) in [6.07, 6.45) is 9.46. The number of carbonyl (C=O) groups is 2. The number of hydrogen-bond acceptors (Lipinski definition) is 5. The van der Waals surface area contributed by atoms with Gasteiger partial charge in [-0.3, -0.25) is 4.79 Å². The van der Waals surface area contributed by atoms with Gasteiger partial charge in [-0.2, -0.15) is 0 Å². The molecule has 2 N–H and O–H groups in total. The molecule has 8 heteroatoms. The van der Waals surface area contributed by atoms with E-state index in [0.29, 0.717) is 30.5 Å². The Morgan fingerprint density at radius 1 is 1.16 bits per heavy atom. The highest BCUT2D eigenvalue weighted by Gasteiger charge is 2.30. The number of ether oxygens (including phenoxy) is 1. The van der Waals surface area contributed by atoms with Gasteiger partial charge in [0, 0.05) is 54.7 Å². The minimum atomic E-state index is -0.868. The number of benzene rings is 1. The van der Waals surface area contributed by atoms with E-state index in [2.05, 4.69) is 46.4 Å². The van der Waals surface area contributed by atoms with E-state index in [1.54, 1.807) is 14.2 Å². The third kappa shape index (κ3) is 5.95. The fourth-order valence-electron chi connectivity index (χ4n) is 5.95. The van der Waals surface area contributed by atoms with Crippen molar-refractivity contribution in [2.45, 2.75) is 77.4 Å². The molecule has 0 saturated heterocycles. The van der Waals surface area contributed by atoms with E-state index in [-0.39, 0.29) is 11.9 Å². The number of aryl methyl sites for hydroxylation is 2. The highest BCUT2D eigenvalue weighted by Crippen LogP contribution is 2.33. The third-order valence-corrected chi connectivity index (χ3v) is 8.00. The smallest absolute Gasteiger partial charge is 0.407 e. The number of rotatable bonds is 5. The molecule has 0 unspecified atom stereocenters. The van der Waals surface area contributed by atoms with Crippen molar-refractivity contribution in [2.75, 3.05) is 25.6 Å². The number of nitrogens with one attached hydrogen (secondary N) is 1. The second-order valence-corrected chi connectivity index (χ2v) is 10.3. The van der Waals surface area contributed by atoms with Gasteiger partial charge in [0.2, 0.25) is 5.88 Å². The second kappa shape index (κ2) is 12.3. The number of methoxy groups -OCH3 is 1. The summed E-state index contributed by atoms with van der Waals surface area (Å²) in [5.41, 5.74) is 5.79. The van der Waals surface area contributed by atoms with Crippen molar-refractivity contribution in [3.8, 4) is 5.88 Å². The van der Waals surface area contributed by atoms with Crippen LogP contribution in [0.2, 0.25) is 0 Å². The van der Waals surface area contributed by atoms with Crippen molar-refractivity contribution in [1.82, 2.24) is 15.2 Å². The highest BCUT2D eigenvalue weighted by molar-refractivity contribution is 5.97. The Morgan fingerprint density at radius 2 is 1.89 bits per heavy atom. The number of anilines is 1. The number of carboxylic acid groups (broad SMARTS) is 1. The van der Waals surface area contributed by atoms with Crippen LogP contribution in [0.15, 0.2) is 36.4 Å². The number of carbonyl (C=O) groups excluding carboxylic acids is 1. The lowest BCUT2D eigenvalue weighted by molar-refractivity contribution is 0.0949. The molecular formula is C30H40N4O4. The van der Waals surface area contributed by atoms with E-state index in [1.165, 1.54) is 4.90 Å². The molecule has 0 spiro atoms. The summed E-state index contributed by atoms with van der Waals surface area (Å²) in [5.74, 6) is 0.462. The average Bonchev–Trinajstić information content (AvgIpc) is 2.91. The number of nitrogens with zero attached hydrogens (tertiary/aromatic N) is 3. The Labute approximate surface area is 225 Å². The fourth-order valence-corrected chi connectivity index (χ4v) is 5.95. The van der Waals surface area contributed by atoms with Crippen LogP contribution in [0.1, 0.15) is 71.8 Å². The molecule has 2 heterocycles. The summed E-state index contributed by atoms with van der Waals surface area (Å²) in [7, 11) is 3.28. The summed E-state index contributed by atoms with van der Waals surface area (Å²) in [6.45, 7) is 5.29. The standard InChI is InChI=1S/C30H40N4O4/c1-5-34(23-16-14-22(15-17-23)33(3)30(36)37)27-13-9-12-25-24(27)11-8-6-7-10-21-18-20(2)32-29(38-4)26(21)19-31-28(25)35/h6,8-9,12-13,18,22-23H,5,7,10-11,14-17,19H2,1-4H3,(H,31,35)(H,36,37)/b8-6-. The number of amides is 2. The second-order valence-electron chi connectivity index (χ2n) is 10.3. The van der Waals surface area contributed by atoms with E-state index in [4.69, 9.17) is 4.74 Å². The quantitative estimate of drug-likeness (QED) is 0.532. The van der Waals surface area contributed by atoms with Gasteiger partial charge in [0.15, 0.2) is 0 Å². The average molecular weight is 521 g/mol. The lowest BCUT2D eigenvalue weighted by atomic mass is 9.88. The number of aromatic nitrogens is 1. The number of fused-ring (bicyclic) bond motifs is 2. The van der Waals surface area contributed by atoms with Crippen LogP contribution in [0.4, 0.5) is 10.5 Å². The zero-order valence-corrected chi connectivity index (χ0v) is 23.0. The Bertz CT molecular complexity index is 1190. The minimum Gasteiger partial charge on any atom is -0.481 e. The predicted octanol–water partition coefficient (Wildman–Crippen LogP) is 5.12. The molecule has 2 aromatic rings. The van der Waals surface area contributed by atoms with Crippen molar-refractivity contribution >= 4 is 17.7 Å². The summed E-state index contributed by atoms with van der Waals surface area (Å²) < 4.78 is 5.57. The first-order chi connectivity index (χ1) is 18.3. The molecule has 0 bridgehead atoms. The molecule has 204 valence electrons. The van der Waals surface area contributed by atoms with Gasteiger partial charge in [0.1, 0.15) is 0 Å². The minimum absolute atomic E-state index is 0.0608. The molecule has 4 rings (SSSR count). The molecule has 1 aliphatic carbocycles. The fraction of sp³-hybridized carbons (Fsp3) is 0.500. The maximum atomic E-state index is 13.5. The molecule has 1 aliphatic heterocycles. The van der Waals surface area contributed by atoms with E-state index in [9.17, 15) is 14.7 Å². The van der Waals surface area contributed by atoms with Crippen LogP contribution in [-0.4, -0.2) is 59.8 Å². The Morgan fingerprint density at radius 3 is 2.58 bits per heavy atom. The van der Waals surface area contributed by atoms with Gasteiger partial charge in [-0.1, -0.05) is 18.2 Å². The predicted molar refractivity (Wildman–Crippen MR) is 149 cm³/mol. The van der Waals surface area contributed by atoms with Gasteiger partial charge in [-0.15, -0.1) is 0 Å². The Hall–Kier alpha value is -3.55. The van der Waals surface area contributed by atoms with Crippen LogP contribution >= 0.6 is 0 Å². The van der Waals surface area contributed by atoms with Crippen LogP contribution in [0.3, 0.4) is 0 Å². The SMILES string of the molecule is CCN(c1cccc2c1C/C=C\CCc1cc(C)nc(OC)c1CNC2=O)C1CCC(N(C)C(=O)O)CC1. The van der Waals surface area contributed by atoms with Crippen molar-refractivity contribution in [3.63, 3.8) is 0 Å². The largest absolute Gasteiger partial charge is 0.481 e. The van der Waals surface area contributed by atoms with Crippen molar-refractivity contribution in [1.29, 1.82) is 0 Å². The first-order valence-electron chi connectivity index (χ1n) is 13.6. The van der Waals surface area contributed by atoms with Gasteiger partial charge in [-0.25, -0.2) is 9.78 Å². The van der Waals surface area contributed by atoms with Gasteiger partial charge in [-0.05, 0) is 88.1 Å². The monoisotopic (exact) mass is 520 g/mol. The molecule has 0 atom stereocenters. The lowest BCUT2D eigenvalue weighted by Gasteiger charge is -2.40. The first kappa shape index (κ1) is 27.5. The highest BCUT2D eigenvalue weighted by atomic mass is 16.5.